The van der Waals surface area contributed by atoms with Crippen LogP contribution in [-0.2, 0) is 7.05 Å². The molecule has 0 spiro atoms. The molecule has 1 aromatic heterocycles. The summed E-state index contributed by atoms with van der Waals surface area (Å²) in [5, 5.41) is 0. The maximum absolute atomic E-state index is 11.5. The van der Waals surface area contributed by atoms with E-state index in [1.807, 2.05) is 24.3 Å². The fourth-order valence-electron chi connectivity index (χ4n) is 1.42. The van der Waals surface area contributed by atoms with Crippen molar-refractivity contribution < 1.29 is 0 Å². The minimum absolute atomic E-state index is 0.177. The van der Waals surface area contributed by atoms with Crippen molar-refractivity contribution in [1.29, 1.82) is 0 Å². The number of imidazole rings is 1. The molecular formula is C10H8N2O. The largest absolute Gasteiger partial charge is 0.340 e. The van der Waals surface area contributed by atoms with Crippen LogP contribution in [0.4, 0.5) is 0 Å². The first kappa shape index (κ1) is 7.69. The van der Waals surface area contributed by atoms with Crippen molar-refractivity contribution in [3.8, 4) is 12.5 Å². The maximum atomic E-state index is 11.5. The van der Waals surface area contributed by atoms with Gasteiger partial charge in [-0.3, -0.25) is 4.57 Å². The first-order valence-corrected chi connectivity index (χ1v) is 3.89. The normalized spacial score (nSPS) is 10.2. The van der Waals surface area contributed by atoms with Gasteiger partial charge in [-0.2, -0.15) is 0 Å². The van der Waals surface area contributed by atoms with Crippen molar-refractivity contribution in [2.75, 3.05) is 0 Å². The lowest BCUT2D eigenvalue weighted by atomic mass is 10.3. The number of para-hydroxylation sites is 2. The monoisotopic (exact) mass is 172 g/mol. The molecule has 0 saturated heterocycles. The quantitative estimate of drug-likeness (QED) is 0.539. The Hall–Kier alpha value is -1.95. The van der Waals surface area contributed by atoms with Gasteiger partial charge in [-0.05, 0) is 12.1 Å². The Labute approximate surface area is 75.2 Å². The summed E-state index contributed by atoms with van der Waals surface area (Å²) < 4.78 is 2.84. The summed E-state index contributed by atoms with van der Waals surface area (Å²) in [5.41, 5.74) is 1.45. The summed E-state index contributed by atoms with van der Waals surface area (Å²) in [7, 11) is 1.71. The topological polar surface area (TPSA) is 26.9 Å². The highest BCUT2D eigenvalue weighted by Crippen LogP contribution is 2.09. The molecule has 13 heavy (non-hydrogen) atoms. The second-order valence-electron chi connectivity index (χ2n) is 2.79. The maximum Gasteiger partial charge on any atom is 0.340 e. The third-order valence-electron chi connectivity index (χ3n) is 2.09. The fraction of sp³-hybridized carbons (Fsp3) is 0.100. The van der Waals surface area contributed by atoms with Crippen molar-refractivity contribution >= 4 is 11.0 Å². The Bertz CT molecular complexity index is 554. The first-order valence-electron chi connectivity index (χ1n) is 3.89. The molecule has 0 aliphatic carbocycles. The smallest absolute Gasteiger partial charge is 0.294 e. The average Bonchev–Trinajstić information content (AvgIpc) is 2.41. The van der Waals surface area contributed by atoms with Gasteiger partial charge in [-0.25, -0.2) is 9.36 Å². The van der Waals surface area contributed by atoms with Gasteiger partial charge in [0.1, 0.15) is 0 Å². The number of hydrogen-bond acceptors (Lipinski definition) is 1. The van der Waals surface area contributed by atoms with E-state index in [0.717, 1.165) is 11.0 Å². The Kier molecular flexibility index (Phi) is 1.49. The molecule has 3 heteroatoms. The van der Waals surface area contributed by atoms with Gasteiger partial charge in [0.25, 0.3) is 0 Å². The van der Waals surface area contributed by atoms with E-state index in [4.69, 9.17) is 6.42 Å². The van der Waals surface area contributed by atoms with E-state index in [0.29, 0.717) is 0 Å². The lowest BCUT2D eigenvalue weighted by Crippen LogP contribution is -2.19. The van der Waals surface area contributed by atoms with Crippen molar-refractivity contribution in [1.82, 2.24) is 9.13 Å². The summed E-state index contributed by atoms with van der Waals surface area (Å²) in [6, 6.07) is 9.77. The highest BCUT2D eigenvalue weighted by molar-refractivity contribution is 5.76. The van der Waals surface area contributed by atoms with Gasteiger partial charge >= 0.3 is 5.69 Å². The summed E-state index contributed by atoms with van der Waals surface area (Å²) in [5.74, 6) is 0. The zero-order valence-corrected chi connectivity index (χ0v) is 7.19. The van der Waals surface area contributed by atoms with Crippen LogP contribution in [-0.4, -0.2) is 9.13 Å². The SMILES string of the molecule is C#Cn1c(=O)n(C)c2ccccc21. The van der Waals surface area contributed by atoms with Gasteiger partial charge in [0.15, 0.2) is 0 Å². The molecule has 0 unspecified atom stereocenters. The van der Waals surface area contributed by atoms with E-state index in [1.54, 1.807) is 7.05 Å². The highest BCUT2D eigenvalue weighted by atomic mass is 16.1. The minimum atomic E-state index is -0.177. The molecule has 0 bridgehead atoms. The zero-order valence-electron chi connectivity index (χ0n) is 7.19. The molecule has 0 radical (unpaired) electrons. The molecular weight excluding hydrogens is 164 g/mol. The van der Waals surface area contributed by atoms with Crippen LogP contribution in [0.5, 0.6) is 0 Å². The molecule has 3 nitrogen and oxygen atoms in total. The number of fused-ring (bicyclic) bond motifs is 1. The van der Waals surface area contributed by atoms with Crippen LogP contribution in [0.25, 0.3) is 11.0 Å². The number of terminal acetylenes is 1. The zero-order chi connectivity index (χ0) is 9.42. The van der Waals surface area contributed by atoms with Crippen LogP contribution in [0.1, 0.15) is 0 Å². The van der Waals surface area contributed by atoms with Crippen molar-refractivity contribution in [2.24, 2.45) is 7.05 Å². The predicted octanol–water partition coefficient (Wildman–Crippen LogP) is 0.779. The third kappa shape index (κ3) is 0.890. The van der Waals surface area contributed by atoms with Gasteiger partial charge in [-0.1, -0.05) is 18.6 Å². The minimum Gasteiger partial charge on any atom is -0.294 e. The third-order valence-corrected chi connectivity index (χ3v) is 2.09. The van der Waals surface area contributed by atoms with Gasteiger partial charge in [0.2, 0.25) is 0 Å². The van der Waals surface area contributed by atoms with Gasteiger partial charge in [0.05, 0.1) is 11.0 Å². The number of aromatic nitrogens is 2. The summed E-state index contributed by atoms with van der Waals surface area (Å²) in [6.45, 7) is 0. The van der Waals surface area contributed by atoms with Gasteiger partial charge in [-0.15, -0.1) is 0 Å². The van der Waals surface area contributed by atoms with Crippen LogP contribution in [0.3, 0.4) is 0 Å². The molecule has 0 amide bonds. The summed E-state index contributed by atoms with van der Waals surface area (Å²) >= 11 is 0. The van der Waals surface area contributed by atoms with E-state index in [-0.39, 0.29) is 5.69 Å². The average molecular weight is 172 g/mol. The number of rotatable bonds is 0. The van der Waals surface area contributed by atoms with Crippen LogP contribution >= 0.6 is 0 Å². The van der Waals surface area contributed by atoms with Crippen LogP contribution in [0, 0.1) is 12.5 Å². The van der Waals surface area contributed by atoms with E-state index in [1.165, 1.54) is 9.13 Å². The Balaban J connectivity index is 3.10. The molecule has 0 aliphatic rings. The van der Waals surface area contributed by atoms with Crippen molar-refractivity contribution in [3.05, 3.63) is 34.7 Å². The Morgan fingerprint density at radius 1 is 1.31 bits per heavy atom. The van der Waals surface area contributed by atoms with E-state index in [2.05, 4.69) is 6.04 Å². The Morgan fingerprint density at radius 2 is 1.92 bits per heavy atom. The number of nitrogens with zero attached hydrogens (tertiary/aromatic N) is 2. The standard InChI is InChI=1S/C10H8N2O/c1-3-12-9-7-5-4-6-8(9)11(2)10(12)13/h1,4-7H,2H3. The first-order chi connectivity index (χ1) is 6.25. The summed E-state index contributed by atoms with van der Waals surface area (Å²) in [4.78, 5) is 11.5. The van der Waals surface area contributed by atoms with Gasteiger partial charge in [0, 0.05) is 13.1 Å². The van der Waals surface area contributed by atoms with Gasteiger partial charge < -0.3 is 0 Å². The van der Waals surface area contributed by atoms with E-state index in [9.17, 15) is 4.79 Å². The lowest BCUT2D eigenvalue weighted by molar-refractivity contribution is 0.857. The second kappa shape index (κ2) is 2.53. The van der Waals surface area contributed by atoms with E-state index >= 15 is 0 Å². The molecule has 0 aliphatic heterocycles. The molecule has 0 saturated carbocycles. The molecule has 0 atom stereocenters. The molecule has 2 aromatic rings. The molecule has 0 N–H and O–H groups in total. The van der Waals surface area contributed by atoms with Crippen LogP contribution < -0.4 is 5.69 Å². The predicted molar refractivity (Wildman–Crippen MR) is 51.4 cm³/mol. The lowest BCUT2D eigenvalue weighted by Gasteiger charge is -1.90. The van der Waals surface area contributed by atoms with E-state index < -0.39 is 0 Å². The van der Waals surface area contributed by atoms with Crippen LogP contribution in [0.2, 0.25) is 0 Å². The molecule has 1 heterocycles. The van der Waals surface area contributed by atoms with Crippen LogP contribution in [0.15, 0.2) is 29.1 Å². The molecule has 0 fully saturated rings. The number of aryl methyl sites for hydroxylation is 1. The molecule has 2 rings (SSSR count). The number of benzene rings is 1. The van der Waals surface area contributed by atoms with Crippen molar-refractivity contribution in [3.63, 3.8) is 0 Å². The summed E-state index contributed by atoms with van der Waals surface area (Å²) in [6.07, 6.45) is 5.23. The second-order valence-corrected chi connectivity index (χ2v) is 2.79. The number of hydrogen-bond donors (Lipinski definition) is 0. The highest BCUT2D eigenvalue weighted by Gasteiger charge is 2.06. The molecule has 64 valence electrons. The fourth-order valence-corrected chi connectivity index (χ4v) is 1.42. The van der Waals surface area contributed by atoms with Crippen molar-refractivity contribution in [2.45, 2.75) is 0 Å². The molecule has 1 aromatic carbocycles. The Morgan fingerprint density at radius 3 is 2.54 bits per heavy atom.